The Kier molecular flexibility index (Phi) is 2.31. The van der Waals surface area contributed by atoms with Crippen LogP contribution in [0.2, 0.25) is 5.28 Å². The first-order chi connectivity index (χ1) is 7.56. The molecule has 0 aliphatic rings. The van der Waals surface area contributed by atoms with E-state index in [0.29, 0.717) is 6.54 Å². The molecule has 0 fully saturated rings. The van der Waals surface area contributed by atoms with Crippen molar-refractivity contribution < 1.29 is 0 Å². The average Bonchev–Trinajstić information content (AvgIpc) is 2.54. The van der Waals surface area contributed by atoms with Gasteiger partial charge in [-0.25, -0.2) is 4.79 Å². The van der Waals surface area contributed by atoms with E-state index in [9.17, 15) is 9.59 Å². The number of rotatable bonds is 2. The van der Waals surface area contributed by atoms with Crippen molar-refractivity contribution in [2.75, 3.05) is 5.84 Å². The van der Waals surface area contributed by atoms with Crippen LogP contribution in [0, 0.1) is 0 Å². The van der Waals surface area contributed by atoms with Crippen LogP contribution in [0.3, 0.4) is 0 Å². The second-order valence-electron chi connectivity index (χ2n) is 3.08. The van der Waals surface area contributed by atoms with Gasteiger partial charge in [-0.2, -0.15) is 9.66 Å². The Morgan fingerprint density at radius 1 is 1.56 bits per heavy atom. The van der Waals surface area contributed by atoms with Crippen molar-refractivity contribution in [1.29, 1.82) is 0 Å². The lowest BCUT2D eigenvalue weighted by Gasteiger charge is -2.00. The van der Waals surface area contributed by atoms with Gasteiger partial charge in [-0.1, -0.05) is 6.08 Å². The van der Waals surface area contributed by atoms with Crippen LogP contribution in [-0.2, 0) is 6.54 Å². The number of fused-ring (bicyclic) bond motifs is 1. The Hall–Kier alpha value is -2.02. The van der Waals surface area contributed by atoms with Crippen LogP contribution < -0.4 is 17.1 Å². The Morgan fingerprint density at radius 3 is 2.88 bits per heavy atom. The van der Waals surface area contributed by atoms with Crippen LogP contribution in [0.5, 0.6) is 0 Å². The Balaban J connectivity index is 3.00. The summed E-state index contributed by atoms with van der Waals surface area (Å²) in [4.78, 5) is 28.7. The van der Waals surface area contributed by atoms with Gasteiger partial charge in [0, 0.05) is 6.54 Å². The van der Waals surface area contributed by atoms with Crippen LogP contribution >= 0.6 is 11.6 Å². The van der Waals surface area contributed by atoms with Crippen LogP contribution in [0.15, 0.2) is 22.2 Å². The highest BCUT2D eigenvalue weighted by Crippen LogP contribution is 2.14. The highest BCUT2D eigenvalue weighted by atomic mass is 35.5. The van der Waals surface area contributed by atoms with Crippen molar-refractivity contribution in [1.82, 2.24) is 19.2 Å². The average molecular weight is 242 g/mol. The van der Waals surface area contributed by atoms with Gasteiger partial charge in [0.1, 0.15) is 0 Å². The minimum atomic E-state index is -0.739. The number of hydrogen-bond acceptors (Lipinski definition) is 4. The lowest BCUT2D eigenvalue weighted by Crippen LogP contribution is -2.35. The van der Waals surface area contributed by atoms with Gasteiger partial charge >= 0.3 is 5.69 Å². The molecule has 16 heavy (non-hydrogen) atoms. The molecule has 0 unspecified atom stereocenters. The van der Waals surface area contributed by atoms with Gasteiger partial charge in [0.2, 0.25) is 5.28 Å². The van der Waals surface area contributed by atoms with E-state index in [1.807, 2.05) is 0 Å². The number of nitrogens with zero attached hydrogens (tertiary/aromatic N) is 3. The first kappa shape index (κ1) is 10.5. The second kappa shape index (κ2) is 3.53. The molecule has 0 aliphatic heterocycles. The summed E-state index contributed by atoms with van der Waals surface area (Å²) < 4.78 is 2.15. The van der Waals surface area contributed by atoms with E-state index in [0.717, 1.165) is 4.68 Å². The third-order valence-corrected chi connectivity index (χ3v) is 2.39. The molecule has 2 aromatic heterocycles. The zero-order chi connectivity index (χ0) is 11.9. The number of hydrogen-bond donors (Lipinski definition) is 2. The summed E-state index contributed by atoms with van der Waals surface area (Å²) in [7, 11) is 0. The number of allylic oxidation sites excluding steroid dienone is 1. The molecule has 0 aliphatic carbocycles. The topological polar surface area (TPSA) is 98.7 Å². The maximum absolute atomic E-state index is 11.6. The van der Waals surface area contributed by atoms with Crippen LogP contribution in [0.25, 0.3) is 11.2 Å². The summed E-state index contributed by atoms with van der Waals surface area (Å²) in [6.45, 7) is 3.84. The third-order valence-electron chi connectivity index (χ3n) is 2.10. The number of nitrogens with two attached hydrogens (primary N) is 1. The predicted molar refractivity (Wildman–Crippen MR) is 60.0 cm³/mol. The second-order valence-corrected chi connectivity index (χ2v) is 3.42. The minimum Gasteiger partial charge on any atom is -0.333 e. The van der Waals surface area contributed by atoms with Crippen molar-refractivity contribution >= 4 is 22.8 Å². The van der Waals surface area contributed by atoms with E-state index >= 15 is 0 Å². The molecule has 84 valence electrons. The monoisotopic (exact) mass is 241 g/mol. The molecule has 0 aromatic carbocycles. The van der Waals surface area contributed by atoms with Crippen molar-refractivity contribution in [3.05, 3.63) is 38.8 Å². The maximum atomic E-state index is 11.6. The Bertz CT molecular complexity index is 680. The lowest BCUT2D eigenvalue weighted by atomic mass is 10.5. The largest absolute Gasteiger partial charge is 0.348 e. The summed E-state index contributed by atoms with van der Waals surface area (Å²) in [6.07, 6.45) is 1.55. The fourth-order valence-electron chi connectivity index (χ4n) is 1.41. The quantitative estimate of drug-likeness (QED) is 0.418. The van der Waals surface area contributed by atoms with Crippen molar-refractivity contribution in [2.24, 2.45) is 0 Å². The Morgan fingerprint density at radius 2 is 2.25 bits per heavy atom. The summed E-state index contributed by atoms with van der Waals surface area (Å²) in [5.74, 6) is 5.44. The maximum Gasteiger partial charge on any atom is 0.348 e. The molecule has 0 amide bonds. The fraction of sp³-hybridized carbons (Fsp3) is 0.125. The van der Waals surface area contributed by atoms with Gasteiger partial charge in [0.25, 0.3) is 5.56 Å². The molecule has 0 saturated heterocycles. The molecule has 0 atom stereocenters. The van der Waals surface area contributed by atoms with Gasteiger partial charge in [0.15, 0.2) is 11.2 Å². The van der Waals surface area contributed by atoms with E-state index in [-0.39, 0.29) is 16.4 Å². The van der Waals surface area contributed by atoms with Crippen molar-refractivity contribution in [2.45, 2.75) is 6.54 Å². The fourth-order valence-corrected chi connectivity index (χ4v) is 1.65. The van der Waals surface area contributed by atoms with Crippen molar-refractivity contribution in [3.8, 4) is 0 Å². The van der Waals surface area contributed by atoms with Gasteiger partial charge in [-0.15, -0.1) is 6.58 Å². The SMILES string of the molecule is C=CCn1c(Cl)nc2c1c(=O)[nH]c(=O)n2N. The first-order valence-corrected chi connectivity index (χ1v) is 4.71. The molecule has 8 heteroatoms. The standard InChI is InChI=1S/C8H8ClN5O2/c1-2-3-13-4-5(11-7(13)9)14(10)8(16)12-6(4)15/h2H,1,3,10H2,(H,12,15,16). The zero-order valence-corrected chi connectivity index (χ0v) is 8.86. The van der Waals surface area contributed by atoms with Gasteiger partial charge in [0.05, 0.1) is 0 Å². The van der Waals surface area contributed by atoms with E-state index in [1.165, 1.54) is 4.57 Å². The lowest BCUT2D eigenvalue weighted by molar-refractivity contribution is 0.839. The number of nitrogen functional groups attached to an aromatic ring is 1. The zero-order valence-electron chi connectivity index (χ0n) is 8.11. The van der Waals surface area contributed by atoms with Gasteiger partial charge in [-0.3, -0.25) is 9.78 Å². The molecule has 2 aromatic rings. The third kappa shape index (κ3) is 1.33. The highest BCUT2D eigenvalue weighted by molar-refractivity contribution is 6.29. The summed E-state index contributed by atoms with van der Waals surface area (Å²) in [5, 5.41) is 0.0743. The number of aromatic nitrogens is 4. The molecule has 2 heterocycles. The van der Waals surface area contributed by atoms with Gasteiger partial charge < -0.3 is 10.4 Å². The molecule has 2 rings (SSSR count). The number of nitrogens with one attached hydrogen (secondary N) is 1. The smallest absolute Gasteiger partial charge is 0.333 e. The summed E-state index contributed by atoms with van der Waals surface area (Å²) >= 11 is 5.82. The Labute approximate surface area is 93.7 Å². The van der Waals surface area contributed by atoms with Crippen LogP contribution in [0.1, 0.15) is 0 Å². The molecule has 0 spiro atoms. The van der Waals surface area contributed by atoms with E-state index in [1.54, 1.807) is 6.08 Å². The van der Waals surface area contributed by atoms with Crippen molar-refractivity contribution in [3.63, 3.8) is 0 Å². The number of H-pyrrole nitrogens is 1. The first-order valence-electron chi connectivity index (χ1n) is 4.33. The van der Waals surface area contributed by atoms with Crippen LogP contribution in [-0.4, -0.2) is 19.2 Å². The molecule has 0 bridgehead atoms. The number of aromatic amines is 1. The predicted octanol–water partition coefficient (Wildman–Crippen LogP) is -0.561. The number of halogens is 1. The molecule has 3 N–H and O–H groups in total. The molecule has 0 radical (unpaired) electrons. The normalized spacial score (nSPS) is 10.8. The van der Waals surface area contributed by atoms with Gasteiger partial charge in [-0.05, 0) is 11.6 Å². The van der Waals surface area contributed by atoms with E-state index in [4.69, 9.17) is 17.4 Å². The number of imidazole rings is 1. The molecular weight excluding hydrogens is 234 g/mol. The summed E-state index contributed by atoms with van der Waals surface area (Å²) in [5.41, 5.74) is -1.13. The van der Waals surface area contributed by atoms with Crippen LogP contribution in [0.4, 0.5) is 0 Å². The molecule has 7 nitrogen and oxygen atoms in total. The molecule has 0 saturated carbocycles. The highest BCUT2D eigenvalue weighted by Gasteiger charge is 2.15. The molecular formula is C8H8ClN5O2. The van der Waals surface area contributed by atoms with E-state index in [2.05, 4.69) is 16.5 Å². The van der Waals surface area contributed by atoms with E-state index < -0.39 is 11.2 Å². The minimum absolute atomic E-state index is 0.0422. The summed E-state index contributed by atoms with van der Waals surface area (Å²) in [6, 6.07) is 0.